The highest BCUT2D eigenvalue weighted by Crippen LogP contribution is 2.69. The summed E-state index contributed by atoms with van der Waals surface area (Å²) in [5.41, 5.74) is -7.05. The molecule has 13 nitrogen and oxygen atoms in total. The molecule has 1 aromatic carbocycles. The van der Waals surface area contributed by atoms with Gasteiger partial charge in [-0.15, -0.1) is 0 Å². The van der Waals surface area contributed by atoms with E-state index in [4.69, 9.17) is 28.4 Å². The minimum absolute atomic E-state index is 0.0167. The fourth-order valence-electron chi connectivity index (χ4n) is 7.92. The van der Waals surface area contributed by atoms with Gasteiger partial charge in [0.25, 0.3) is 0 Å². The molecule has 5 rings (SSSR count). The third kappa shape index (κ3) is 5.65. The zero-order chi connectivity index (χ0) is 34.4. The average molecular weight is 654 g/mol. The number of rotatable bonds is 8. The lowest BCUT2D eigenvalue weighted by Gasteiger charge is -2.65. The lowest BCUT2D eigenvalue weighted by Crippen LogP contribution is -2.83. The van der Waals surface area contributed by atoms with Gasteiger partial charge in [0.05, 0.1) is 28.2 Å². The van der Waals surface area contributed by atoms with Crippen molar-refractivity contribution in [2.75, 3.05) is 6.61 Å². The van der Waals surface area contributed by atoms with Gasteiger partial charge in [-0.3, -0.25) is 19.4 Å². The number of carbonyl (C=O) groups is 5. The smallest absolute Gasteiger partial charge is 0.340 e. The van der Waals surface area contributed by atoms with Crippen molar-refractivity contribution >= 4 is 29.8 Å². The Morgan fingerprint density at radius 2 is 1.47 bits per heavy atom. The number of esters is 5. The van der Waals surface area contributed by atoms with Crippen LogP contribution in [-0.2, 0) is 42.8 Å². The maximum absolute atomic E-state index is 13.9. The van der Waals surface area contributed by atoms with Crippen molar-refractivity contribution in [3.8, 4) is 0 Å². The van der Waals surface area contributed by atoms with Crippen molar-refractivity contribution in [1.29, 1.82) is 0 Å². The molecule has 47 heavy (non-hydrogen) atoms. The van der Waals surface area contributed by atoms with E-state index in [1.54, 1.807) is 32.0 Å². The highest BCUT2D eigenvalue weighted by molar-refractivity contribution is 5.90. The van der Waals surface area contributed by atoms with E-state index < -0.39 is 89.0 Å². The van der Waals surface area contributed by atoms with Crippen molar-refractivity contribution < 1.29 is 57.5 Å². The molecule has 0 radical (unpaired) electrons. The van der Waals surface area contributed by atoms with Crippen molar-refractivity contribution in [3.05, 3.63) is 66.0 Å². The zero-order valence-electron chi connectivity index (χ0n) is 27.1. The maximum atomic E-state index is 13.9. The second-order valence-electron chi connectivity index (χ2n) is 13.0. The molecule has 3 fully saturated rings. The van der Waals surface area contributed by atoms with E-state index in [1.165, 1.54) is 57.4 Å². The predicted molar refractivity (Wildman–Crippen MR) is 161 cm³/mol. The van der Waals surface area contributed by atoms with Gasteiger partial charge in [0.1, 0.15) is 30.3 Å². The van der Waals surface area contributed by atoms with Crippen LogP contribution >= 0.6 is 0 Å². The van der Waals surface area contributed by atoms with Gasteiger partial charge in [0, 0.05) is 33.2 Å². The maximum Gasteiger partial charge on any atom is 0.340 e. The van der Waals surface area contributed by atoms with Crippen molar-refractivity contribution in [3.63, 3.8) is 0 Å². The van der Waals surface area contributed by atoms with Crippen molar-refractivity contribution in [1.82, 2.24) is 4.98 Å². The number of hydrogen-bond acceptors (Lipinski definition) is 13. The van der Waals surface area contributed by atoms with E-state index in [0.29, 0.717) is 0 Å². The summed E-state index contributed by atoms with van der Waals surface area (Å²) < 4.78 is 37.0. The van der Waals surface area contributed by atoms with Crippen LogP contribution in [0.2, 0.25) is 0 Å². The monoisotopic (exact) mass is 653 g/mol. The molecule has 1 aliphatic heterocycles. The van der Waals surface area contributed by atoms with Crippen LogP contribution in [0.5, 0.6) is 0 Å². The average Bonchev–Trinajstić information content (AvgIpc) is 3.20. The first-order chi connectivity index (χ1) is 22.1. The van der Waals surface area contributed by atoms with Gasteiger partial charge in [-0.1, -0.05) is 18.2 Å². The Hall–Kier alpha value is -4.36. The molecule has 3 aliphatic rings. The Morgan fingerprint density at radius 1 is 0.830 bits per heavy atom. The molecule has 2 saturated carbocycles. The molecule has 5 unspecified atom stereocenters. The molecule has 1 saturated heterocycles. The molecule has 2 heterocycles. The highest BCUT2D eigenvalue weighted by Gasteiger charge is 2.87. The standard InChI is InChI=1S/C34H39NO12/c1-19(36)42-18-33-24(43-20(2)37)14-15-32(6,41)34(33)27(44-21(3)38)25(31(4,5)47-34)26(45-29(39)22-11-8-7-9-12-22)28(33)46-30(40)23-13-10-16-35-17-23/h7-13,16-17,24-28,41H,14-15,18H2,1-6H3/t24?,25?,26?,27?,28-,32+,33+,34?/m1/s1. The number of ether oxygens (including phenoxy) is 6. The minimum Gasteiger partial charge on any atom is -0.465 e. The SMILES string of the molecule is CC(=O)OC[C@@]12C(OC(C)=O)CC[C@](C)(O)C13OC(C)(C)C(C(OC(=O)c1ccccc1)[C@H]2OC(=O)c1cccnc1)C3OC(C)=O. The van der Waals surface area contributed by atoms with Crippen LogP contribution in [0.3, 0.4) is 0 Å². The fraction of sp³-hybridized carbons (Fsp3) is 0.529. The van der Waals surface area contributed by atoms with Crippen LogP contribution in [0.1, 0.15) is 75.1 Å². The Kier molecular flexibility index (Phi) is 8.93. The van der Waals surface area contributed by atoms with Crippen LogP contribution in [0.4, 0.5) is 0 Å². The molecule has 13 heteroatoms. The Balaban J connectivity index is 1.84. The van der Waals surface area contributed by atoms with E-state index >= 15 is 0 Å². The number of fused-ring (bicyclic) bond motifs is 1. The molecule has 2 aliphatic carbocycles. The van der Waals surface area contributed by atoms with Gasteiger partial charge in [-0.2, -0.15) is 0 Å². The molecule has 252 valence electrons. The Labute approximate surface area is 271 Å². The lowest BCUT2D eigenvalue weighted by molar-refractivity contribution is -0.348. The zero-order valence-corrected chi connectivity index (χ0v) is 27.1. The first kappa shape index (κ1) is 34.0. The number of nitrogens with zero attached hydrogens (tertiary/aromatic N) is 1. The second-order valence-corrected chi connectivity index (χ2v) is 13.0. The molecular formula is C34H39NO12. The fourth-order valence-corrected chi connectivity index (χ4v) is 7.92. The van der Waals surface area contributed by atoms with Crippen LogP contribution in [-0.4, -0.2) is 87.8 Å². The van der Waals surface area contributed by atoms with Crippen LogP contribution < -0.4 is 0 Å². The Morgan fingerprint density at radius 3 is 2.06 bits per heavy atom. The van der Waals surface area contributed by atoms with Crippen molar-refractivity contribution in [2.45, 2.75) is 95.6 Å². The summed E-state index contributed by atoms with van der Waals surface area (Å²) >= 11 is 0. The molecule has 0 amide bonds. The normalized spacial score (nSPS) is 33.5. The van der Waals surface area contributed by atoms with Crippen LogP contribution in [0, 0.1) is 11.3 Å². The summed E-state index contributed by atoms with van der Waals surface area (Å²) in [6.07, 6.45) is -2.99. The number of aliphatic hydroxyl groups is 1. The third-order valence-corrected chi connectivity index (χ3v) is 9.57. The summed E-state index contributed by atoms with van der Waals surface area (Å²) in [6.45, 7) is 7.67. The topological polar surface area (TPSA) is 174 Å². The van der Waals surface area contributed by atoms with Crippen LogP contribution in [0.15, 0.2) is 54.9 Å². The molecule has 2 bridgehead atoms. The number of carbonyl (C=O) groups excluding carboxylic acids is 5. The number of pyridine rings is 1. The van der Waals surface area contributed by atoms with Crippen molar-refractivity contribution in [2.24, 2.45) is 11.3 Å². The van der Waals surface area contributed by atoms with Gasteiger partial charge < -0.3 is 33.5 Å². The molecular weight excluding hydrogens is 614 g/mol. The summed E-state index contributed by atoms with van der Waals surface area (Å²) in [5, 5.41) is 12.4. The molecule has 1 spiro atoms. The molecule has 2 aromatic rings. The quantitative estimate of drug-likeness (QED) is 0.326. The van der Waals surface area contributed by atoms with Gasteiger partial charge in [0.15, 0.2) is 11.7 Å². The molecule has 1 aromatic heterocycles. The Bertz CT molecular complexity index is 1540. The van der Waals surface area contributed by atoms with Gasteiger partial charge in [-0.05, 0) is 57.9 Å². The van der Waals surface area contributed by atoms with Crippen LogP contribution in [0.25, 0.3) is 0 Å². The van der Waals surface area contributed by atoms with Gasteiger partial charge in [0.2, 0.25) is 0 Å². The van der Waals surface area contributed by atoms with E-state index in [0.717, 1.165) is 6.92 Å². The summed E-state index contributed by atoms with van der Waals surface area (Å²) in [5.74, 6) is -4.97. The van der Waals surface area contributed by atoms with E-state index in [2.05, 4.69) is 4.98 Å². The lowest BCUT2D eigenvalue weighted by atomic mass is 9.46. The highest BCUT2D eigenvalue weighted by atomic mass is 16.6. The summed E-state index contributed by atoms with van der Waals surface area (Å²) in [4.78, 5) is 69.7. The summed E-state index contributed by atoms with van der Waals surface area (Å²) in [6, 6.07) is 11.1. The minimum atomic E-state index is -2.04. The number of hydrogen-bond donors (Lipinski definition) is 1. The largest absolute Gasteiger partial charge is 0.465 e. The first-order valence-corrected chi connectivity index (χ1v) is 15.3. The van der Waals surface area contributed by atoms with Gasteiger partial charge in [-0.25, -0.2) is 9.59 Å². The number of benzene rings is 1. The first-order valence-electron chi connectivity index (χ1n) is 15.3. The van der Waals surface area contributed by atoms with E-state index in [1.807, 2.05) is 0 Å². The third-order valence-electron chi connectivity index (χ3n) is 9.57. The van der Waals surface area contributed by atoms with Gasteiger partial charge >= 0.3 is 29.8 Å². The second kappa shape index (κ2) is 12.3. The number of aromatic nitrogens is 1. The summed E-state index contributed by atoms with van der Waals surface area (Å²) in [7, 11) is 0. The predicted octanol–water partition coefficient (Wildman–Crippen LogP) is 2.97. The van der Waals surface area contributed by atoms with E-state index in [9.17, 15) is 29.1 Å². The molecule has 1 N–H and O–H groups in total. The van der Waals surface area contributed by atoms with E-state index in [-0.39, 0.29) is 24.0 Å². The molecule has 8 atom stereocenters.